The van der Waals surface area contributed by atoms with E-state index >= 15 is 0 Å². The summed E-state index contributed by atoms with van der Waals surface area (Å²) in [6.45, 7) is 9.56. The lowest BCUT2D eigenvalue weighted by Gasteiger charge is -2.23. The molecule has 1 fully saturated rings. The molecule has 21 heavy (non-hydrogen) atoms. The predicted octanol–water partition coefficient (Wildman–Crippen LogP) is 3.67. The molecule has 1 aromatic rings. The van der Waals surface area contributed by atoms with E-state index in [1.807, 2.05) is 0 Å². The molecule has 0 radical (unpaired) electrons. The van der Waals surface area contributed by atoms with Crippen LogP contribution in [0.25, 0.3) is 0 Å². The Bertz CT molecular complexity index is 450. The summed E-state index contributed by atoms with van der Waals surface area (Å²) >= 11 is 3.61. The van der Waals surface area contributed by atoms with Gasteiger partial charge in [-0.1, -0.05) is 35.8 Å². The van der Waals surface area contributed by atoms with Gasteiger partial charge >= 0.3 is 0 Å². The predicted molar refractivity (Wildman–Crippen MR) is 92.9 cm³/mol. The van der Waals surface area contributed by atoms with Gasteiger partial charge in [0.25, 0.3) is 0 Å². The van der Waals surface area contributed by atoms with Crippen molar-refractivity contribution in [2.24, 2.45) is 11.8 Å². The molecule has 1 aliphatic heterocycles. The minimum Gasteiger partial charge on any atom is -0.383 e. The molecule has 1 unspecified atom stereocenters. The van der Waals surface area contributed by atoms with Gasteiger partial charge in [-0.15, -0.1) is 0 Å². The Hall–Kier alpha value is -0.580. The van der Waals surface area contributed by atoms with Gasteiger partial charge < -0.3 is 15.0 Å². The molecule has 4 heteroatoms. The van der Waals surface area contributed by atoms with Crippen LogP contribution in [0, 0.1) is 11.8 Å². The van der Waals surface area contributed by atoms with Crippen molar-refractivity contribution >= 4 is 21.6 Å². The highest BCUT2D eigenvalue weighted by Gasteiger charge is 2.26. The molecule has 3 nitrogen and oxygen atoms in total. The van der Waals surface area contributed by atoms with E-state index in [1.165, 1.54) is 30.8 Å². The van der Waals surface area contributed by atoms with Gasteiger partial charge in [0.1, 0.15) is 0 Å². The third kappa shape index (κ3) is 4.70. The van der Waals surface area contributed by atoms with Crippen LogP contribution in [0.15, 0.2) is 22.7 Å². The molecule has 0 aliphatic carbocycles. The minimum absolute atomic E-state index is 0.755. The zero-order valence-electron chi connectivity index (χ0n) is 13.4. The third-order valence-electron chi connectivity index (χ3n) is 4.35. The van der Waals surface area contributed by atoms with Crippen molar-refractivity contribution in [1.29, 1.82) is 0 Å². The largest absolute Gasteiger partial charge is 0.383 e. The number of anilines is 1. The molecule has 0 aromatic heterocycles. The molecule has 0 amide bonds. The number of nitrogens with zero attached hydrogens (tertiary/aromatic N) is 1. The summed E-state index contributed by atoms with van der Waals surface area (Å²) in [6, 6.07) is 6.62. The van der Waals surface area contributed by atoms with Crippen LogP contribution in [0.2, 0.25) is 0 Å². The topological polar surface area (TPSA) is 24.5 Å². The maximum Gasteiger partial charge on any atom is 0.0587 e. The highest BCUT2D eigenvalue weighted by Crippen LogP contribution is 2.32. The van der Waals surface area contributed by atoms with E-state index in [4.69, 9.17) is 4.74 Å². The Labute approximate surface area is 137 Å². The van der Waals surface area contributed by atoms with Crippen LogP contribution in [-0.2, 0) is 11.3 Å². The fraction of sp³-hybridized carbons (Fsp3) is 0.647. The van der Waals surface area contributed by atoms with Crippen LogP contribution in [0.3, 0.4) is 0 Å². The summed E-state index contributed by atoms with van der Waals surface area (Å²) in [4.78, 5) is 2.54. The van der Waals surface area contributed by atoms with E-state index < -0.39 is 0 Å². The van der Waals surface area contributed by atoms with E-state index in [-0.39, 0.29) is 0 Å². The van der Waals surface area contributed by atoms with E-state index in [2.05, 4.69) is 58.2 Å². The zero-order chi connectivity index (χ0) is 15.2. The summed E-state index contributed by atoms with van der Waals surface area (Å²) in [7, 11) is 1.74. The first-order valence-corrected chi connectivity index (χ1v) is 8.64. The second kappa shape index (κ2) is 8.16. The Morgan fingerprint density at radius 2 is 2.24 bits per heavy atom. The fourth-order valence-electron chi connectivity index (χ4n) is 2.93. The SMILES string of the molecule is COCCNCc1ccc(Br)cc1N1CCC(C(C)C)C1. The maximum absolute atomic E-state index is 5.09. The van der Waals surface area contributed by atoms with Crippen LogP contribution in [-0.4, -0.2) is 33.4 Å². The second-order valence-corrected chi connectivity index (χ2v) is 7.10. The van der Waals surface area contributed by atoms with Crippen molar-refractivity contribution in [3.05, 3.63) is 28.2 Å². The molecule has 0 spiro atoms. The third-order valence-corrected chi connectivity index (χ3v) is 4.85. The van der Waals surface area contributed by atoms with Crippen LogP contribution >= 0.6 is 15.9 Å². The number of hydrogen-bond acceptors (Lipinski definition) is 3. The van der Waals surface area contributed by atoms with Crippen LogP contribution in [0.4, 0.5) is 5.69 Å². The molecule has 1 aliphatic rings. The molecule has 1 N–H and O–H groups in total. The Kier molecular flexibility index (Phi) is 6.52. The first-order chi connectivity index (χ1) is 10.1. The lowest BCUT2D eigenvalue weighted by atomic mass is 9.95. The summed E-state index contributed by atoms with van der Waals surface area (Å²) in [5.41, 5.74) is 2.75. The Balaban J connectivity index is 2.05. The standard InChI is InChI=1S/C17H27BrN2O/c1-13(2)15-6-8-20(12-15)17-10-16(18)5-4-14(17)11-19-7-9-21-3/h4-5,10,13,15,19H,6-9,11-12H2,1-3H3. The Morgan fingerprint density at radius 3 is 2.90 bits per heavy atom. The van der Waals surface area contributed by atoms with Gasteiger partial charge in [-0.25, -0.2) is 0 Å². The van der Waals surface area contributed by atoms with Crippen molar-refractivity contribution in [2.45, 2.75) is 26.8 Å². The van der Waals surface area contributed by atoms with E-state index in [0.717, 1.165) is 36.0 Å². The van der Waals surface area contributed by atoms with E-state index in [1.54, 1.807) is 7.11 Å². The number of halogens is 1. The molecule has 2 rings (SSSR count). The number of rotatable bonds is 7. The van der Waals surface area contributed by atoms with Crippen molar-refractivity contribution in [3.8, 4) is 0 Å². The van der Waals surface area contributed by atoms with E-state index in [0.29, 0.717) is 0 Å². The molecule has 1 saturated heterocycles. The molecular weight excluding hydrogens is 328 g/mol. The van der Waals surface area contributed by atoms with Gasteiger partial charge in [-0.2, -0.15) is 0 Å². The summed E-state index contributed by atoms with van der Waals surface area (Å²) in [5.74, 6) is 1.59. The average Bonchev–Trinajstić information content (AvgIpc) is 2.94. The monoisotopic (exact) mass is 354 g/mol. The van der Waals surface area contributed by atoms with E-state index in [9.17, 15) is 0 Å². The molecule has 0 bridgehead atoms. The van der Waals surface area contributed by atoms with Crippen LogP contribution in [0.1, 0.15) is 25.8 Å². The first-order valence-electron chi connectivity index (χ1n) is 7.85. The van der Waals surface area contributed by atoms with Gasteiger partial charge in [-0.05, 0) is 36.0 Å². The normalized spacial score (nSPS) is 18.7. The van der Waals surface area contributed by atoms with Crippen molar-refractivity contribution in [1.82, 2.24) is 5.32 Å². The lowest BCUT2D eigenvalue weighted by molar-refractivity contribution is 0.199. The van der Waals surface area contributed by atoms with Crippen molar-refractivity contribution in [2.75, 3.05) is 38.3 Å². The maximum atomic E-state index is 5.09. The second-order valence-electron chi connectivity index (χ2n) is 6.18. The van der Waals surface area contributed by atoms with Crippen LogP contribution in [0.5, 0.6) is 0 Å². The molecule has 118 valence electrons. The molecular formula is C17H27BrN2O. The summed E-state index contributed by atoms with van der Waals surface area (Å²) in [5, 5.41) is 3.45. The number of hydrogen-bond donors (Lipinski definition) is 1. The fourth-order valence-corrected chi connectivity index (χ4v) is 3.28. The van der Waals surface area contributed by atoms with Crippen LogP contribution < -0.4 is 10.2 Å². The molecule has 0 saturated carbocycles. The average molecular weight is 355 g/mol. The quantitative estimate of drug-likeness (QED) is 0.756. The number of methoxy groups -OCH3 is 1. The van der Waals surface area contributed by atoms with Gasteiger partial charge in [-0.3, -0.25) is 0 Å². The lowest BCUT2D eigenvalue weighted by Crippen LogP contribution is -2.25. The van der Waals surface area contributed by atoms with Gasteiger partial charge in [0, 0.05) is 43.4 Å². The zero-order valence-corrected chi connectivity index (χ0v) is 14.9. The highest BCUT2D eigenvalue weighted by molar-refractivity contribution is 9.10. The first kappa shape index (κ1) is 16.8. The number of nitrogens with one attached hydrogen (secondary N) is 1. The molecule has 1 heterocycles. The number of ether oxygens (including phenoxy) is 1. The summed E-state index contributed by atoms with van der Waals surface area (Å²) < 4.78 is 6.25. The van der Waals surface area contributed by atoms with Gasteiger partial charge in [0.15, 0.2) is 0 Å². The smallest absolute Gasteiger partial charge is 0.0587 e. The number of benzene rings is 1. The Morgan fingerprint density at radius 1 is 1.43 bits per heavy atom. The van der Waals surface area contributed by atoms with Crippen molar-refractivity contribution < 1.29 is 4.74 Å². The summed E-state index contributed by atoms with van der Waals surface area (Å²) in [6.07, 6.45) is 1.31. The van der Waals surface area contributed by atoms with Crippen molar-refractivity contribution in [3.63, 3.8) is 0 Å². The highest BCUT2D eigenvalue weighted by atomic mass is 79.9. The van der Waals surface area contributed by atoms with Gasteiger partial charge in [0.05, 0.1) is 6.61 Å². The van der Waals surface area contributed by atoms with Gasteiger partial charge in [0.2, 0.25) is 0 Å². The minimum atomic E-state index is 0.755. The molecule has 1 aromatic carbocycles. The molecule has 1 atom stereocenters.